The highest BCUT2D eigenvalue weighted by Crippen LogP contribution is 2.19. The Morgan fingerprint density at radius 2 is 2.12 bits per heavy atom. The van der Waals surface area contributed by atoms with E-state index in [0.717, 1.165) is 10.0 Å². The number of carbonyl (C=O) groups excluding carboxylic acids is 1. The smallest absolute Gasteiger partial charge is 0.251 e. The molecule has 0 fully saturated rings. The van der Waals surface area contributed by atoms with Crippen LogP contribution in [-0.4, -0.2) is 23.2 Å². The van der Waals surface area contributed by atoms with Crippen molar-refractivity contribution >= 4 is 21.8 Å². The summed E-state index contributed by atoms with van der Waals surface area (Å²) in [6, 6.07) is 5.47. The lowest BCUT2D eigenvalue weighted by Gasteiger charge is -2.18. The molecule has 1 amide bonds. The van der Waals surface area contributed by atoms with Crippen molar-refractivity contribution in [2.45, 2.75) is 26.4 Å². The fraction of sp³-hybridized carbons (Fsp3) is 0.417. The molecule has 0 saturated carbocycles. The van der Waals surface area contributed by atoms with Gasteiger partial charge in [-0.1, -0.05) is 22.0 Å². The van der Waals surface area contributed by atoms with Crippen molar-refractivity contribution in [2.75, 3.05) is 6.54 Å². The van der Waals surface area contributed by atoms with Crippen molar-refractivity contribution in [2.24, 2.45) is 0 Å². The second-order valence-electron chi connectivity index (χ2n) is 4.41. The number of amides is 1. The molecular weight excluding hydrogens is 270 g/mol. The molecule has 0 unspecified atom stereocenters. The third kappa shape index (κ3) is 3.61. The first kappa shape index (κ1) is 13.2. The quantitative estimate of drug-likeness (QED) is 0.895. The maximum absolute atomic E-state index is 11.8. The number of hydrogen-bond donors (Lipinski definition) is 2. The van der Waals surface area contributed by atoms with Gasteiger partial charge in [0.1, 0.15) is 0 Å². The fourth-order valence-electron chi connectivity index (χ4n) is 1.25. The zero-order valence-electron chi connectivity index (χ0n) is 9.67. The SMILES string of the molecule is Cc1c(Br)cccc1C(=O)NCC(C)(C)O. The molecule has 4 heteroatoms. The van der Waals surface area contributed by atoms with E-state index in [1.54, 1.807) is 19.9 Å². The maximum Gasteiger partial charge on any atom is 0.251 e. The van der Waals surface area contributed by atoms with E-state index in [4.69, 9.17) is 0 Å². The Labute approximate surface area is 104 Å². The van der Waals surface area contributed by atoms with Gasteiger partial charge in [-0.2, -0.15) is 0 Å². The molecule has 0 radical (unpaired) electrons. The third-order valence-electron chi connectivity index (χ3n) is 2.19. The fourth-order valence-corrected chi connectivity index (χ4v) is 1.61. The summed E-state index contributed by atoms with van der Waals surface area (Å²) in [6.45, 7) is 5.42. The van der Waals surface area contributed by atoms with Crippen LogP contribution in [0.2, 0.25) is 0 Å². The second-order valence-corrected chi connectivity index (χ2v) is 5.26. The molecule has 0 spiro atoms. The molecule has 3 nitrogen and oxygen atoms in total. The average molecular weight is 286 g/mol. The van der Waals surface area contributed by atoms with Gasteiger partial charge in [0.05, 0.1) is 5.60 Å². The predicted molar refractivity (Wildman–Crippen MR) is 67.5 cm³/mol. The molecule has 0 aliphatic heterocycles. The largest absolute Gasteiger partial charge is 0.389 e. The molecule has 0 heterocycles. The number of benzene rings is 1. The number of nitrogens with one attached hydrogen (secondary N) is 1. The van der Waals surface area contributed by atoms with E-state index >= 15 is 0 Å². The van der Waals surface area contributed by atoms with Crippen LogP contribution < -0.4 is 5.32 Å². The minimum atomic E-state index is -0.893. The highest BCUT2D eigenvalue weighted by molar-refractivity contribution is 9.10. The van der Waals surface area contributed by atoms with E-state index in [9.17, 15) is 9.90 Å². The predicted octanol–water partition coefficient (Wildman–Crippen LogP) is 2.26. The molecule has 1 aromatic rings. The van der Waals surface area contributed by atoms with Gasteiger partial charge in [-0.15, -0.1) is 0 Å². The summed E-state index contributed by atoms with van der Waals surface area (Å²) in [7, 11) is 0. The molecule has 0 aromatic heterocycles. The second kappa shape index (κ2) is 4.97. The summed E-state index contributed by atoms with van der Waals surface area (Å²) in [6.07, 6.45) is 0. The van der Waals surface area contributed by atoms with Gasteiger partial charge in [-0.25, -0.2) is 0 Å². The minimum Gasteiger partial charge on any atom is -0.389 e. The molecule has 88 valence electrons. The van der Waals surface area contributed by atoms with Crippen LogP contribution in [0, 0.1) is 6.92 Å². The van der Waals surface area contributed by atoms with E-state index < -0.39 is 5.60 Å². The zero-order chi connectivity index (χ0) is 12.3. The van der Waals surface area contributed by atoms with Crippen molar-refractivity contribution in [1.29, 1.82) is 0 Å². The standard InChI is InChI=1S/C12H16BrNO2/c1-8-9(5-4-6-10(8)13)11(15)14-7-12(2,3)16/h4-6,16H,7H2,1-3H3,(H,14,15). The zero-order valence-corrected chi connectivity index (χ0v) is 11.3. The summed E-state index contributed by atoms with van der Waals surface area (Å²) in [5.41, 5.74) is 0.629. The van der Waals surface area contributed by atoms with E-state index in [2.05, 4.69) is 21.2 Å². The molecule has 16 heavy (non-hydrogen) atoms. The lowest BCUT2D eigenvalue weighted by Crippen LogP contribution is -2.38. The molecular formula is C12H16BrNO2. The van der Waals surface area contributed by atoms with Gasteiger partial charge in [0.15, 0.2) is 0 Å². The summed E-state index contributed by atoms with van der Waals surface area (Å²) < 4.78 is 0.906. The molecule has 1 aromatic carbocycles. The van der Waals surface area contributed by atoms with Gasteiger partial charge in [-0.05, 0) is 38.5 Å². The lowest BCUT2D eigenvalue weighted by atomic mass is 10.1. The topological polar surface area (TPSA) is 49.3 Å². The molecule has 0 saturated heterocycles. The molecule has 0 aliphatic rings. The van der Waals surface area contributed by atoms with Crippen molar-refractivity contribution in [3.8, 4) is 0 Å². The van der Waals surface area contributed by atoms with Gasteiger partial charge >= 0.3 is 0 Å². The summed E-state index contributed by atoms with van der Waals surface area (Å²) in [5, 5.41) is 12.2. The number of halogens is 1. The van der Waals surface area contributed by atoms with Crippen molar-refractivity contribution in [3.05, 3.63) is 33.8 Å². The number of rotatable bonds is 3. The Balaban J connectivity index is 2.78. The first-order valence-electron chi connectivity index (χ1n) is 5.07. The van der Waals surface area contributed by atoms with E-state index in [0.29, 0.717) is 5.56 Å². The highest BCUT2D eigenvalue weighted by Gasteiger charge is 2.16. The van der Waals surface area contributed by atoms with Crippen LogP contribution in [0.15, 0.2) is 22.7 Å². The Morgan fingerprint density at radius 1 is 1.50 bits per heavy atom. The van der Waals surface area contributed by atoms with Crippen LogP contribution in [0.1, 0.15) is 29.8 Å². The lowest BCUT2D eigenvalue weighted by molar-refractivity contribution is 0.0694. The number of carbonyl (C=O) groups is 1. The van der Waals surface area contributed by atoms with Crippen molar-refractivity contribution in [1.82, 2.24) is 5.32 Å². The Bertz CT molecular complexity index is 396. The van der Waals surface area contributed by atoms with Gasteiger partial charge in [0, 0.05) is 16.6 Å². The van der Waals surface area contributed by atoms with E-state index in [1.165, 1.54) is 0 Å². The third-order valence-corrected chi connectivity index (χ3v) is 3.05. The Morgan fingerprint density at radius 3 is 2.69 bits per heavy atom. The van der Waals surface area contributed by atoms with Crippen LogP contribution in [0.4, 0.5) is 0 Å². The molecule has 0 bridgehead atoms. The van der Waals surface area contributed by atoms with Crippen molar-refractivity contribution in [3.63, 3.8) is 0 Å². The minimum absolute atomic E-state index is 0.166. The van der Waals surface area contributed by atoms with Crippen LogP contribution in [0.25, 0.3) is 0 Å². The number of hydrogen-bond acceptors (Lipinski definition) is 2. The van der Waals surface area contributed by atoms with Gasteiger partial charge in [0.25, 0.3) is 5.91 Å². The van der Waals surface area contributed by atoms with Gasteiger partial charge in [0.2, 0.25) is 0 Å². The Kier molecular flexibility index (Phi) is 4.10. The van der Waals surface area contributed by atoms with E-state index in [1.807, 2.05) is 19.1 Å². The highest BCUT2D eigenvalue weighted by atomic mass is 79.9. The summed E-state index contributed by atoms with van der Waals surface area (Å²) in [5.74, 6) is -0.166. The Hall–Kier alpha value is -0.870. The molecule has 0 atom stereocenters. The van der Waals surface area contributed by atoms with Crippen LogP contribution >= 0.6 is 15.9 Å². The molecule has 0 aliphatic carbocycles. The van der Waals surface area contributed by atoms with Gasteiger partial charge in [-0.3, -0.25) is 4.79 Å². The van der Waals surface area contributed by atoms with Crippen LogP contribution in [0.5, 0.6) is 0 Å². The molecule has 1 rings (SSSR count). The average Bonchev–Trinajstić information content (AvgIpc) is 2.17. The molecule has 2 N–H and O–H groups in total. The monoisotopic (exact) mass is 285 g/mol. The van der Waals surface area contributed by atoms with E-state index in [-0.39, 0.29) is 12.5 Å². The first-order valence-corrected chi connectivity index (χ1v) is 5.86. The normalized spacial score (nSPS) is 11.3. The first-order chi connectivity index (χ1) is 7.31. The summed E-state index contributed by atoms with van der Waals surface area (Å²) >= 11 is 3.38. The number of aliphatic hydroxyl groups is 1. The van der Waals surface area contributed by atoms with Crippen LogP contribution in [-0.2, 0) is 0 Å². The summed E-state index contributed by atoms with van der Waals surface area (Å²) in [4.78, 5) is 11.8. The van der Waals surface area contributed by atoms with Crippen LogP contribution in [0.3, 0.4) is 0 Å². The van der Waals surface area contributed by atoms with Gasteiger partial charge < -0.3 is 10.4 Å². The maximum atomic E-state index is 11.8. The van der Waals surface area contributed by atoms with Crippen molar-refractivity contribution < 1.29 is 9.90 Å².